The molecule has 5 nitrogen and oxygen atoms in total. The van der Waals surface area contributed by atoms with Gasteiger partial charge < -0.3 is 15.0 Å². The van der Waals surface area contributed by atoms with E-state index >= 15 is 0 Å². The maximum atomic E-state index is 13.2. The average Bonchev–Trinajstić information content (AvgIpc) is 2.64. The molecule has 126 valence electrons. The van der Waals surface area contributed by atoms with Crippen LogP contribution in [0.5, 0.6) is 5.75 Å². The van der Waals surface area contributed by atoms with Crippen molar-refractivity contribution < 1.29 is 9.53 Å². The molecule has 2 heterocycles. The molecule has 1 aromatic carbocycles. The number of piperidine rings is 1. The number of hydrogen-bond donors (Lipinski definition) is 1. The standard InChI is InChI=1S/C18H27N3O2/c1-23-16-7-5-6-15(14-16)17(20-10-3-2-4-11-20)18(22)21-12-8-19-9-13-21/h5-7,14,17,19H,2-4,8-13H2,1H3. The summed E-state index contributed by atoms with van der Waals surface area (Å²) in [7, 11) is 1.67. The zero-order chi connectivity index (χ0) is 16.1. The number of carbonyl (C=O) groups is 1. The third-order valence-corrected chi connectivity index (χ3v) is 4.83. The second-order valence-corrected chi connectivity index (χ2v) is 6.35. The zero-order valence-electron chi connectivity index (χ0n) is 14.0. The van der Waals surface area contributed by atoms with E-state index in [1.54, 1.807) is 7.11 Å². The Morgan fingerprint density at radius 1 is 1.13 bits per heavy atom. The molecule has 2 aliphatic rings. The van der Waals surface area contributed by atoms with Gasteiger partial charge in [0, 0.05) is 26.2 Å². The van der Waals surface area contributed by atoms with Crippen molar-refractivity contribution in [3.8, 4) is 5.75 Å². The molecule has 1 aromatic rings. The van der Waals surface area contributed by atoms with Gasteiger partial charge in [-0.3, -0.25) is 9.69 Å². The van der Waals surface area contributed by atoms with Crippen LogP contribution in [0.4, 0.5) is 0 Å². The van der Waals surface area contributed by atoms with Crippen molar-refractivity contribution in [1.29, 1.82) is 0 Å². The van der Waals surface area contributed by atoms with Crippen molar-refractivity contribution in [2.75, 3.05) is 46.4 Å². The molecule has 2 aliphatic heterocycles. The van der Waals surface area contributed by atoms with Crippen LogP contribution in [-0.4, -0.2) is 62.1 Å². The number of carbonyl (C=O) groups excluding carboxylic acids is 1. The molecule has 0 aliphatic carbocycles. The highest BCUT2D eigenvalue weighted by Crippen LogP contribution is 2.29. The highest BCUT2D eigenvalue weighted by Gasteiger charge is 2.32. The van der Waals surface area contributed by atoms with E-state index in [9.17, 15) is 4.79 Å². The fraction of sp³-hybridized carbons (Fsp3) is 0.611. The molecule has 3 rings (SSSR count). The molecule has 2 fully saturated rings. The quantitative estimate of drug-likeness (QED) is 0.917. The van der Waals surface area contributed by atoms with Gasteiger partial charge in [-0.25, -0.2) is 0 Å². The van der Waals surface area contributed by atoms with Crippen LogP contribution in [0.25, 0.3) is 0 Å². The lowest BCUT2D eigenvalue weighted by Gasteiger charge is -2.38. The molecule has 0 aromatic heterocycles. The van der Waals surface area contributed by atoms with Crippen molar-refractivity contribution in [2.45, 2.75) is 25.3 Å². The largest absolute Gasteiger partial charge is 0.497 e. The first-order chi connectivity index (χ1) is 11.3. The van der Waals surface area contributed by atoms with Crippen LogP contribution in [0, 0.1) is 0 Å². The average molecular weight is 317 g/mol. The second-order valence-electron chi connectivity index (χ2n) is 6.35. The Hall–Kier alpha value is -1.59. The fourth-order valence-corrected chi connectivity index (χ4v) is 3.56. The SMILES string of the molecule is COc1cccc(C(C(=O)N2CCNCC2)N2CCCCC2)c1. The van der Waals surface area contributed by atoms with E-state index in [0.29, 0.717) is 0 Å². The van der Waals surface area contributed by atoms with E-state index in [4.69, 9.17) is 4.74 Å². The molecule has 1 amide bonds. The number of piperazine rings is 1. The van der Waals surface area contributed by atoms with E-state index in [-0.39, 0.29) is 11.9 Å². The molecular formula is C18H27N3O2. The summed E-state index contributed by atoms with van der Waals surface area (Å²) in [5, 5.41) is 3.32. The molecule has 0 spiro atoms. The number of methoxy groups -OCH3 is 1. The monoisotopic (exact) mass is 317 g/mol. The van der Waals surface area contributed by atoms with Crippen molar-refractivity contribution in [2.24, 2.45) is 0 Å². The molecule has 0 bridgehead atoms. The zero-order valence-corrected chi connectivity index (χ0v) is 14.0. The summed E-state index contributed by atoms with van der Waals surface area (Å²) in [5.41, 5.74) is 1.05. The van der Waals surface area contributed by atoms with Crippen LogP contribution in [-0.2, 0) is 4.79 Å². The van der Waals surface area contributed by atoms with Gasteiger partial charge >= 0.3 is 0 Å². The fourth-order valence-electron chi connectivity index (χ4n) is 3.56. The highest BCUT2D eigenvalue weighted by atomic mass is 16.5. The van der Waals surface area contributed by atoms with E-state index in [1.165, 1.54) is 19.3 Å². The first-order valence-corrected chi connectivity index (χ1v) is 8.67. The molecule has 23 heavy (non-hydrogen) atoms. The number of nitrogens with one attached hydrogen (secondary N) is 1. The van der Waals surface area contributed by atoms with E-state index in [1.807, 2.05) is 23.1 Å². The predicted molar refractivity (Wildman–Crippen MR) is 90.6 cm³/mol. The number of rotatable bonds is 4. The van der Waals surface area contributed by atoms with Gasteiger partial charge in [-0.15, -0.1) is 0 Å². The van der Waals surface area contributed by atoms with Gasteiger partial charge in [0.25, 0.3) is 0 Å². The third-order valence-electron chi connectivity index (χ3n) is 4.83. The van der Waals surface area contributed by atoms with Crippen LogP contribution in [0.2, 0.25) is 0 Å². The molecule has 1 atom stereocenters. The number of amides is 1. The van der Waals surface area contributed by atoms with Crippen LogP contribution in [0.1, 0.15) is 30.9 Å². The van der Waals surface area contributed by atoms with Gasteiger partial charge in [-0.05, 0) is 43.6 Å². The highest BCUT2D eigenvalue weighted by molar-refractivity contribution is 5.83. The Balaban J connectivity index is 1.86. The van der Waals surface area contributed by atoms with Crippen LogP contribution in [0.3, 0.4) is 0 Å². The maximum absolute atomic E-state index is 13.2. The normalized spacial score (nSPS) is 21.0. The molecular weight excluding hydrogens is 290 g/mol. The van der Waals surface area contributed by atoms with Gasteiger partial charge in [0.15, 0.2) is 0 Å². The Bertz CT molecular complexity index is 523. The molecule has 0 radical (unpaired) electrons. The maximum Gasteiger partial charge on any atom is 0.244 e. The van der Waals surface area contributed by atoms with Crippen molar-refractivity contribution in [3.63, 3.8) is 0 Å². The third kappa shape index (κ3) is 3.85. The number of ether oxygens (including phenoxy) is 1. The summed E-state index contributed by atoms with van der Waals surface area (Å²) in [5.74, 6) is 1.05. The number of nitrogens with zero attached hydrogens (tertiary/aromatic N) is 2. The number of hydrogen-bond acceptors (Lipinski definition) is 4. The molecule has 5 heteroatoms. The Kier molecular flexibility index (Phi) is 5.51. The van der Waals surface area contributed by atoms with Gasteiger partial charge in [0.05, 0.1) is 7.11 Å². The van der Waals surface area contributed by atoms with E-state index in [0.717, 1.165) is 50.6 Å². The summed E-state index contributed by atoms with van der Waals surface area (Å²) >= 11 is 0. The lowest BCUT2D eigenvalue weighted by atomic mass is 9.99. The summed E-state index contributed by atoms with van der Waals surface area (Å²) in [4.78, 5) is 17.6. The Morgan fingerprint density at radius 2 is 1.87 bits per heavy atom. The molecule has 0 saturated carbocycles. The minimum absolute atomic E-state index is 0.177. The van der Waals surface area contributed by atoms with E-state index in [2.05, 4.69) is 16.3 Å². The minimum atomic E-state index is -0.177. The molecule has 1 unspecified atom stereocenters. The number of likely N-dealkylation sites (tertiary alicyclic amines) is 1. The van der Waals surface area contributed by atoms with Gasteiger partial charge in [0.2, 0.25) is 5.91 Å². The Labute approximate surface area is 138 Å². The lowest BCUT2D eigenvalue weighted by molar-refractivity contribution is -0.138. The molecule has 2 saturated heterocycles. The minimum Gasteiger partial charge on any atom is -0.497 e. The lowest BCUT2D eigenvalue weighted by Crippen LogP contribution is -2.51. The van der Waals surface area contributed by atoms with Crippen molar-refractivity contribution in [3.05, 3.63) is 29.8 Å². The van der Waals surface area contributed by atoms with Gasteiger partial charge in [-0.1, -0.05) is 18.6 Å². The number of benzene rings is 1. The summed E-state index contributed by atoms with van der Waals surface area (Å²) in [6.45, 7) is 5.37. The van der Waals surface area contributed by atoms with Crippen molar-refractivity contribution >= 4 is 5.91 Å². The summed E-state index contributed by atoms with van der Waals surface area (Å²) in [6, 6.07) is 7.81. The van der Waals surface area contributed by atoms with E-state index < -0.39 is 0 Å². The van der Waals surface area contributed by atoms with Crippen molar-refractivity contribution in [1.82, 2.24) is 15.1 Å². The van der Waals surface area contributed by atoms with Gasteiger partial charge in [-0.2, -0.15) is 0 Å². The topological polar surface area (TPSA) is 44.8 Å². The molecule has 1 N–H and O–H groups in total. The second kappa shape index (κ2) is 7.79. The summed E-state index contributed by atoms with van der Waals surface area (Å²) < 4.78 is 5.36. The van der Waals surface area contributed by atoms with Crippen LogP contribution in [0.15, 0.2) is 24.3 Å². The van der Waals surface area contributed by atoms with Gasteiger partial charge in [0.1, 0.15) is 11.8 Å². The summed E-state index contributed by atoms with van der Waals surface area (Å²) in [6.07, 6.45) is 3.62. The van der Waals surface area contributed by atoms with Crippen LogP contribution < -0.4 is 10.1 Å². The first-order valence-electron chi connectivity index (χ1n) is 8.67. The first kappa shape index (κ1) is 16.3. The van der Waals surface area contributed by atoms with Crippen LogP contribution >= 0.6 is 0 Å². The predicted octanol–water partition coefficient (Wildman–Crippen LogP) is 1.65. The Morgan fingerprint density at radius 3 is 2.57 bits per heavy atom. The smallest absolute Gasteiger partial charge is 0.244 e.